The minimum Gasteiger partial charge on any atom is -0.479 e. The Bertz CT molecular complexity index is 245. The molecule has 0 spiro atoms. The van der Waals surface area contributed by atoms with Crippen LogP contribution in [0.3, 0.4) is 0 Å². The summed E-state index contributed by atoms with van der Waals surface area (Å²) in [6, 6.07) is 0. The molecule has 0 aliphatic rings. The number of aliphatic hydroxyl groups is 2. The van der Waals surface area contributed by atoms with Crippen molar-refractivity contribution in [2.45, 2.75) is 26.1 Å². The minimum atomic E-state index is -2.27. The summed E-state index contributed by atoms with van der Waals surface area (Å²) in [6.45, 7) is 3.53. The number of aliphatic hydroxyl groups excluding tert-OH is 2. The predicted molar refractivity (Wildman–Crippen MR) is 51.3 cm³/mol. The first-order valence-corrected chi connectivity index (χ1v) is 4.22. The van der Waals surface area contributed by atoms with Crippen molar-refractivity contribution in [3.63, 3.8) is 0 Å². The Kier molecular flexibility index (Phi) is 7.96. The maximum absolute atomic E-state index is 9.92. The number of amides is 1. The molecule has 0 radical (unpaired) electrons. The Morgan fingerprint density at radius 3 is 1.19 bits per heavy atom. The molecule has 8 nitrogen and oxygen atoms in total. The van der Waals surface area contributed by atoms with Crippen molar-refractivity contribution in [1.29, 1.82) is 0 Å². The Morgan fingerprint density at radius 1 is 0.938 bits per heavy atom. The van der Waals surface area contributed by atoms with Gasteiger partial charge in [0.05, 0.1) is 0 Å². The summed E-state index contributed by atoms with van der Waals surface area (Å²) in [5.41, 5.74) is 4.80. The van der Waals surface area contributed by atoms with E-state index < -0.39 is 24.1 Å². The van der Waals surface area contributed by atoms with Crippen molar-refractivity contribution in [3.05, 3.63) is 0 Å². The molecular weight excluding hydrogens is 222 g/mol. The Morgan fingerprint density at radius 2 is 1.12 bits per heavy atom. The van der Waals surface area contributed by atoms with Gasteiger partial charge in [0, 0.05) is 5.92 Å². The van der Waals surface area contributed by atoms with Crippen molar-refractivity contribution < 1.29 is 34.8 Å². The van der Waals surface area contributed by atoms with Crippen molar-refractivity contribution in [2.75, 3.05) is 0 Å². The van der Waals surface area contributed by atoms with Crippen LogP contribution in [0, 0.1) is 5.92 Å². The molecular formula is C8H15NO7. The van der Waals surface area contributed by atoms with Crippen molar-refractivity contribution >= 4 is 17.8 Å². The SMILES string of the molecule is CC(C)C(N)=O.O=C(O)C(O)C(O)C(=O)O. The highest BCUT2D eigenvalue weighted by Crippen LogP contribution is 1.92. The Hall–Kier alpha value is -1.67. The maximum atomic E-state index is 9.92. The number of aliphatic carboxylic acids is 2. The molecule has 0 rings (SSSR count). The van der Waals surface area contributed by atoms with E-state index in [0.29, 0.717) is 0 Å². The van der Waals surface area contributed by atoms with Gasteiger partial charge in [0.1, 0.15) is 0 Å². The predicted octanol–water partition coefficient (Wildman–Crippen LogP) is -1.99. The number of nitrogens with two attached hydrogens (primary N) is 1. The topological polar surface area (TPSA) is 158 Å². The first kappa shape index (κ1) is 16.7. The van der Waals surface area contributed by atoms with Crippen LogP contribution in [-0.2, 0) is 14.4 Å². The lowest BCUT2D eigenvalue weighted by atomic mass is 10.2. The smallest absolute Gasteiger partial charge is 0.335 e. The second-order valence-electron chi connectivity index (χ2n) is 3.12. The lowest BCUT2D eigenvalue weighted by Crippen LogP contribution is -2.39. The third-order valence-electron chi connectivity index (χ3n) is 1.37. The van der Waals surface area contributed by atoms with Gasteiger partial charge in [-0.05, 0) is 0 Å². The van der Waals surface area contributed by atoms with Gasteiger partial charge < -0.3 is 26.2 Å². The molecule has 16 heavy (non-hydrogen) atoms. The lowest BCUT2D eigenvalue weighted by molar-refractivity contribution is -0.165. The fourth-order valence-corrected chi connectivity index (χ4v) is 0.270. The van der Waals surface area contributed by atoms with Crippen molar-refractivity contribution in [3.8, 4) is 0 Å². The molecule has 0 saturated heterocycles. The third-order valence-corrected chi connectivity index (χ3v) is 1.37. The summed E-state index contributed by atoms with van der Waals surface area (Å²) >= 11 is 0. The second-order valence-corrected chi connectivity index (χ2v) is 3.12. The third kappa shape index (κ3) is 7.71. The average Bonchev–Trinajstić information content (AvgIpc) is 2.15. The van der Waals surface area contributed by atoms with Crippen molar-refractivity contribution in [1.82, 2.24) is 0 Å². The van der Waals surface area contributed by atoms with Gasteiger partial charge in [0.25, 0.3) is 0 Å². The molecule has 0 aromatic rings. The van der Waals surface area contributed by atoms with E-state index in [4.69, 9.17) is 26.2 Å². The number of hydrogen-bond acceptors (Lipinski definition) is 5. The molecule has 1 amide bonds. The molecule has 94 valence electrons. The van der Waals surface area contributed by atoms with E-state index in [0.717, 1.165) is 0 Å². The number of primary amides is 1. The zero-order valence-electron chi connectivity index (χ0n) is 8.82. The lowest BCUT2D eigenvalue weighted by Gasteiger charge is -2.07. The summed E-state index contributed by atoms with van der Waals surface area (Å²) in [7, 11) is 0. The fraction of sp³-hybridized carbons (Fsp3) is 0.625. The maximum Gasteiger partial charge on any atom is 0.335 e. The van der Waals surface area contributed by atoms with Gasteiger partial charge in [-0.15, -0.1) is 0 Å². The van der Waals surface area contributed by atoms with Crippen LogP contribution in [0.4, 0.5) is 0 Å². The molecule has 0 saturated carbocycles. The van der Waals surface area contributed by atoms with Gasteiger partial charge in [0.15, 0.2) is 12.2 Å². The van der Waals surface area contributed by atoms with Gasteiger partial charge in [-0.2, -0.15) is 0 Å². The van der Waals surface area contributed by atoms with Gasteiger partial charge in [-0.25, -0.2) is 9.59 Å². The van der Waals surface area contributed by atoms with Crippen LogP contribution in [0.5, 0.6) is 0 Å². The van der Waals surface area contributed by atoms with Crippen LogP contribution < -0.4 is 5.73 Å². The van der Waals surface area contributed by atoms with Crippen LogP contribution in [0.1, 0.15) is 13.8 Å². The molecule has 0 bridgehead atoms. The summed E-state index contributed by atoms with van der Waals surface area (Å²) in [6.07, 6.45) is -4.53. The van der Waals surface area contributed by atoms with E-state index in [9.17, 15) is 14.4 Å². The normalized spacial score (nSPS) is 13.3. The molecule has 0 heterocycles. The molecule has 2 atom stereocenters. The van der Waals surface area contributed by atoms with E-state index >= 15 is 0 Å². The highest BCUT2D eigenvalue weighted by Gasteiger charge is 2.29. The highest BCUT2D eigenvalue weighted by atomic mass is 16.4. The molecule has 0 aromatic carbocycles. The Balaban J connectivity index is 0. The molecule has 8 heteroatoms. The van der Waals surface area contributed by atoms with Crippen LogP contribution in [-0.4, -0.2) is 50.5 Å². The van der Waals surface area contributed by atoms with E-state index in [-0.39, 0.29) is 11.8 Å². The molecule has 2 unspecified atom stereocenters. The summed E-state index contributed by atoms with van der Waals surface area (Å²) < 4.78 is 0. The van der Waals surface area contributed by atoms with E-state index in [1.165, 1.54) is 0 Å². The fourth-order valence-electron chi connectivity index (χ4n) is 0.270. The molecule has 0 aliphatic carbocycles. The van der Waals surface area contributed by atoms with Crippen LogP contribution in [0.25, 0.3) is 0 Å². The number of carboxylic acid groups (broad SMARTS) is 2. The highest BCUT2D eigenvalue weighted by molar-refractivity contribution is 5.83. The first-order valence-electron chi connectivity index (χ1n) is 4.22. The van der Waals surface area contributed by atoms with Crippen LogP contribution in [0.2, 0.25) is 0 Å². The van der Waals surface area contributed by atoms with Gasteiger partial charge in [-0.3, -0.25) is 4.79 Å². The van der Waals surface area contributed by atoms with E-state index in [1.807, 2.05) is 0 Å². The first-order chi connectivity index (χ1) is 7.11. The van der Waals surface area contributed by atoms with Gasteiger partial charge >= 0.3 is 11.9 Å². The van der Waals surface area contributed by atoms with Gasteiger partial charge in [0.2, 0.25) is 5.91 Å². The molecule has 0 aromatic heterocycles. The summed E-state index contributed by atoms with van der Waals surface area (Å²) in [5.74, 6) is -3.79. The zero-order valence-corrected chi connectivity index (χ0v) is 8.82. The monoisotopic (exact) mass is 237 g/mol. The summed E-state index contributed by atoms with van der Waals surface area (Å²) in [5, 5.41) is 32.5. The zero-order chi connectivity index (χ0) is 13.5. The number of hydrogen-bond donors (Lipinski definition) is 5. The molecule has 0 aliphatic heterocycles. The number of carbonyl (C=O) groups excluding carboxylic acids is 1. The minimum absolute atomic E-state index is 0.00926. The van der Waals surface area contributed by atoms with Crippen molar-refractivity contribution in [2.24, 2.45) is 11.7 Å². The molecule has 6 N–H and O–H groups in total. The standard InChI is InChI=1S/C4H9NO.C4H6O6/c1-3(2)4(5)6;5-1(3(7)8)2(6)4(9)10/h3H,1-2H3,(H2,5,6);1-2,5-6H,(H,7,8)(H,9,10). The second kappa shape index (κ2) is 7.60. The quantitative estimate of drug-likeness (QED) is 0.378. The van der Waals surface area contributed by atoms with E-state index in [2.05, 4.69) is 0 Å². The average molecular weight is 237 g/mol. The molecule has 0 fully saturated rings. The number of rotatable bonds is 4. The van der Waals surface area contributed by atoms with E-state index in [1.54, 1.807) is 13.8 Å². The van der Waals surface area contributed by atoms with Crippen LogP contribution >= 0.6 is 0 Å². The Labute approximate surface area is 91.3 Å². The number of carboxylic acids is 2. The largest absolute Gasteiger partial charge is 0.479 e. The van der Waals surface area contributed by atoms with Crippen LogP contribution in [0.15, 0.2) is 0 Å². The van der Waals surface area contributed by atoms with Gasteiger partial charge in [-0.1, -0.05) is 13.8 Å². The number of carbonyl (C=O) groups is 3. The summed E-state index contributed by atoms with van der Waals surface area (Å²) in [4.78, 5) is 29.5.